The second-order valence-corrected chi connectivity index (χ2v) is 7.58. The third-order valence-electron chi connectivity index (χ3n) is 4.79. The van der Waals surface area contributed by atoms with Gasteiger partial charge >= 0.3 is 0 Å². The lowest BCUT2D eigenvalue weighted by Crippen LogP contribution is -2.28. The van der Waals surface area contributed by atoms with Crippen molar-refractivity contribution in [1.29, 1.82) is 0 Å². The molecule has 3 N–H and O–H groups in total. The number of amides is 1. The van der Waals surface area contributed by atoms with Crippen molar-refractivity contribution in [1.82, 2.24) is 20.0 Å². The van der Waals surface area contributed by atoms with Crippen molar-refractivity contribution in [2.45, 2.75) is 13.8 Å². The Morgan fingerprint density at radius 2 is 1.94 bits per heavy atom. The second kappa shape index (κ2) is 8.43. The minimum absolute atomic E-state index is 0.186. The number of nitrogens with zero attached hydrogens (tertiary/aromatic N) is 4. The van der Waals surface area contributed by atoms with E-state index in [2.05, 4.69) is 20.4 Å². The first-order chi connectivity index (χ1) is 15.0. The van der Waals surface area contributed by atoms with Gasteiger partial charge in [-0.05, 0) is 35.7 Å². The molecule has 8 nitrogen and oxygen atoms in total. The third-order valence-corrected chi connectivity index (χ3v) is 4.79. The number of carbonyl (C=O) groups is 1. The molecule has 4 rings (SSSR count). The number of para-hydroxylation sites is 2. The number of benzene rings is 2. The number of fused-ring (bicyclic) bond motifs is 2. The van der Waals surface area contributed by atoms with E-state index in [9.17, 15) is 4.79 Å². The average molecular weight is 416 g/mol. The molecule has 0 unspecified atom stereocenters. The van der Waals surface area contributed by atoms with Gasteiger partial charge in [0, 0.05) is 6.54 Å². The van der Waals surface area contributed by atoms with Crippen LogP contribution < -0.4 is 15.8 Å². The fraction of sp³-hybridized carbons (Fsp3) is 0.217. The van der Waals surface area contributed by atoms with E-state index >= 15 is 0 Å². The van der Waals surface area contributed by atoms with E-state index in [1.54, 1.807) is 13.3 Å². The van der Waals surface area contributed by atoms with Crippen molar-refractivity contribution in [2.75, 3.05) is 19.4 Å². The smallest absolute Gasteiger partial charge is 0.257 e. The third kappa shape index (κ3) is 4.05. The number of aromatic nitrogens is 3. The van der Waals surface area contributed by atoms with E-state index in [4.69, 9.17) is 10.5 Å². The average Bonchev–Trinajstić information content (AvgIpc) is 3.04. The minimum Gasteiger partial charge on any atom is -0.497 e. The van der Waals surface area contributed by atoms with E-state index in [1.165, 1.54) is 4.68 Å². The number of rotatable bonds is 6. The zero-order valence-electron chi connectivity index (χ0n) is 17.7. The van der Waals surface area contributed by atoms with Crippen LogP contribution in [0.2, 0.25) is 0 Å². The molecule has 0 bridgehead atoms. The number of nitrogens with two attached hydrogens (primary N) is 1. The number of hydrogen-bond acceptors (Lipinski definition) is 6. The second-order valence-electron chi connectivity index (χ2n) is 7.58. The van der Waals surface area contributed by atoms with Crippen molar-refractivity contribution in [2.24, 2.45) is 11.0 Å². The van der Waals surface area contributed by atoms with Gasteiger partial charge < -0.3 is 15.8 Å². The SMILES string of the molecule is COc1cccc(/C=N\n2c(N)c(C(=O)NCC(C)C)c3nc4ccccc4nc32)c1. The lowest BCUT2D eigenvalue weighted by Gasteiger charge is -2.07. The molecule has 0 aliphatic carbocycles. The van der Waals surface area contributed by atoms with Gasteiger partial charge in [-0.1, -0.05) is 38.1 Å². The number of anilines is 1. The summed E-state index contributed by atoms with van der Waals surface area (Å²) in [5, 5.41) is 7.43. The summed E-state index contributed by atoms with van der Waals surface area (Å²) in [5.74, 6) is 0.909. The summed E-state index contributed by atoms with van der Waals surface area (Å²) < 4.78 is 6.72. The largest absolute Gasteiger partial charge is 0.497 e. The molecule has 0 spiro atoms. The minimum atomic E-state index is -0.295. The number of methoxy groups -OCH3 is 1. The lowest BCUT2D eigenvalue weighted by molar-refractivity contribution is 0.0951. The van der Waals surface area contributed by atoms with Gasteiger partial charge in [0.15, 0.2) is 5.65 Å². The predicted octanol–water partition coefficient (Wildman–Crippen LogP) is 3.44. The fourth-order valence-electron chi connectivity index (χ4n) is 3.22. The summed E-state index contributed by atoms with van der Waals surface area (Å²) in [6, 6.07) is 14.9. The molecule has 2 heterocycles. The van der Waals surface area contributed by atoms with Gasteiger partial charge in [-0.15, -0.1) is 0 Å². The molecular formula is C23H24N6O2. The van der Waals surface area contributed by atoms with Gasteiger partial charge in [0.2, 0.25) is 0 Å². The number of nitrogen functional groups attached to an aromatic ring is 1. The molecule has 2 aromatic heterocycles. The first kappa shape index (κ1) is 20.3. The maximum Gasteiger partial charge on any atom is 0.257 e. The van der Waals surface area contributed by atoms with Gasteiger partial charge in [-0.3, -0.25) is 4.79 Å². The summed E-state index contributed by atoms with van der Waals surface area (Å²) in [5.41, 5.74) is 9.70. The Labute approximate surface area is 179 Å². The first-order valence-corrected chi connectivity index (χ1v) is 10.0. The van der Waals surface area contributed by atoms with Crippen LogP contribution in [-0.2, 0) is 0 Å². The highest BCUT2D eigenvalue weighted by Gasteiger charge is 2.24. The highest BCUT2D eigenvalue weighted by atomic mass is 16.5. The fourth-order valence-corrected chi connectivity index (χ4v) is 3.22. The molecule has 2 aromatic carbocycles. The van der Waals surface area contributed by atoms with E-state index in [1.807, 2.05) is 62.4 Å². The van der Waals surface area contributed by atoms with E-state index in [0.29, 0.717) is 40.4 Å². The number of ether oxygens (including phenoxy) is 1. The van der Waals surface area contributed by atoms with E-state index in [0.717, 1.165) is 5.56 Å². The Morgan fingerprint density at radius 3 is 2.65 bits per heavy atom. The molecule has 0 atom stereocenters. The van der Waals surface area contributed by atoms with Gasteiger partial charge in [0.1, 0.15) is 22.6 Å². The van der Waals surface area contributed by atoms with Crippen molar-refractivity contribution >= 4 is 40.1 Å². The highest BCUT2D eigenvalue weighted by Crippen LogP contribution is 2.28. The summed E-state index contributed by atoms with van der Waals surface area (Å²) in [6.45, 7) is 4.58. The molecule has 31 heavy (non-hydrogen) atoms. The standard InChI is InChI=1S/C23H24N6O2/c1-14(2)12-25-23(30)19-20-22(28-18-10-5-4-9-17(18)27-20)29(21(19)24)26-13-15-7-6-8-16(11-15)31-3/h4-11,13-14H,12,24H2,1-3H3,(H,25,30)/b26-13-. The molecule has 158 valence electrons. The van der Waals surface area contributed by atoms with E-state index < -0.39 is 0 Å². The first-order valence-electron chi connectivity index (χ1n) is 10.0. The van der Waals surface area contributed by atoms with Crippen molar-refractivity contribution in [3.63, 3.8) is 0 Å². The normalized spacial score (nSPS) is 11.6. The number of carbonyl (C=O) groups excluding carboxylic acids is 1. The Morgan fingerprint density at radius 1 is 1.19 bits per heavy atom. The van der Waals surface area contributed by atoms with Crippen LogP contribution in [0.25, 0.3) is 22.2 Å². The highest BCUT2D eigenvalue weighted by molar-refractivity contribution is 6.10. The predicted molar refractivity (Wildman–Crippen MR) is 123 cm³/mol. The topological polar surface area (TPSA) is 107 Å². The molecule has 0 aliphatic rings. The maximum absolute atomic E-state index is 13.0. The van der Waals surface area contributed by atoms with Crippen LogP contribution in [0.5, 0.6) is 5.75 Å². The van der Waals surface area contributed by atoms with Crippen molar-refractivity contribution in [3.05, 3.63) is 59.7 Å². The summed E-state index contributed by atoms with van der Waals surface area (Å²) in [4.78, 5) is 22.3. The van der Waals surface area contributed by atoms with Crippen LogP contribution >= 0.6 is 0 Å². The van der Waals surface area contributed by atoms with Crippen LogP contribution in [0, 0.1) is 5.92 Å². The molecule has 0 saturated heterocycles. The van der Waals surface area contributed by atoms with Gasteiger partial charge in [0.25, 0.3) is 5.91 Å². The molecular weight excluding hydrogens is 392 g/mol. The van der Waals surface area contributed by atoms with E-state index in [-0.39, 0.29) is 17.3 Å². The van der Waals surface area contributed by atoms with Crippen LogP contribution in [-0.4, -0.2) is 40.4 Å². The number of nitrogens with one attached hydrogen (secondary N) is 1. The van der Waals surface area contributed by atoms with Crippen LogP contribution in [0.15, 0.2) is 53.6 Å². The Bertz CT molecular complexity index is 1290. The molecule has 4 aromatic rings. The zero-order chi connectivity index (χ0) is 22.0. The Kier molecular flexibility index (Phi) is 5.53. The summed E-state index contributed by atoms with van der Waals surface area (Å²) in [6.07, 6.45) is 1.64. The lowest BCUT2D eigenvalue weighted by atomic mass is 10.2. The van der Waals surface area contributed by atoms with Gasteiger partial charge in [-0.2, -0.15) is 9.78 Å². The molecule has 0 fully saturated rings. The molecule has 0 aliphatic heterocycles. The van der Waals surface area contributed by atoms with Crippen LogP contribution in [0.4, 0.5) is 5.82 Å². The van der Waals surface area contributed by atoms with Crippen LogP contribution in [0.1, 0.15) is 29.8 Å². The molecule has 0 radical (unpaired) electrons. The monoisotopic (exact) mass is 416 g/mol. The number of hydrogen-bond donors (Lipinski definition) is 2. The molecule has 0 saturated carbocycles. The van der Waals surface area contributed by atoms with Gasteiger partial charge in [0.05, 0.1) is 24.4 Å². The Balaban J connectivity index is 1.87. The van der Waals surface area contributed by atoms with Crippen molar-refractivity contribution < 1.29 is 9.53 Å². The summed E-state index contributed by atoms with van der Waals surface area (Å²) in [7, 11) is 1.61. The molecule has 1 amide bonds. The quantitative estimate of drug-likeness (QED) is 0.468. The van der Waals surface area contributed by atoms with Gasteiger partial charge in [-0.25, -0.2) is 9.97 Å². The van der Waals surface area contributed by atoms with Crippen LogP contribution in [0.3, 0.4) is 0 Å². The molecule has 8 heteroatoms. The van der Waals surface area contributed by atoms with Crippen molar-refractivity contribution in [3.8, 4) is 5.75 Å². The Hall–Kier alpha value is -3.94. The maximum atomic E-state index is 13.0. The zero-order valence-corrected chi connectivity index (χ0v) is 17.7. The summed E-state index contributed by atoms with van der Waals surface area (Å²) >= 11 is 0.